The zero-order valence-corrected chi connectivity index (χ0v) is 20.7. The highest BCUT2D eigenvalue weighted by atomic mass is 16.5. The Hall–Kier alpha value is -3.84. The number of fused-ring (bicyclic) bond motifs is 1. The SMILES string of the molecule is Cc1ccc(Cn2c(C(=O)N3CCN(C(=O)COCc4ccccc4)C(C)C3)cc3ccoc32)cc1. The number of furan rings is 1. The molecule has 7 heteroatoms. The summed E-state index contributed by atoms with van der Waals surface area (Å²) >= 11 is 0. The molecule has 1 unspecified atom stereocenters. The summed E-state index contributed by atoms with van der Waals surface area (Å²) in [6, 6.07) is 21.8. The van der Waals surface area contributed by atoms with E-state index in [0.29, 0.717) is 44.2 Å². The number of piperazine rings is 1. The first kappa shape index (κ1) is 23.9. The van der Waals surface area contributed by atoms with Gasteiger partial charge in [-0.25, -0.2) is 0 Å². The number of aryl methyl sites for hydroxylation is 1. The van der Waals surface area contributed by atoms with Crippen molar-refractivity contribution >= 4 is 22.9 Å². The average molecular weight is 486 g/mol. The molecule has 0 N–H and O–H groups in total. The van der Waals surface area contributed by atoms with Gasteiger partial charge in [-0.15, -0.1) is 0 Å². The van der Waals surface area contributed by atoms with E-state index in [1.807, 2.05) is 63.8 Å². The van der Waals surface area contributed by atoms with E-state index in [9.17, 15) is 9.59 Å². The van der Waals surface area contributed by atoms with Crippen LogP contribution in [0.4, 0.5) is 0 Å². The Bertz CT molecular complexity index is 1340. The molecule has 2 aromatic heterocycles. The van der Waals surface area contributed by atoms with E-state index in [2.05, 4.69) is 31.2 Å². The molecule has 2 amide bonds. The fraction of sp³-hybridized carbons (Fsp3) is 0.310. The fourth-order valence-corrected chi connectivity index (χ4v) is 4.77. The quantitative estimate of drug-likeness (QED) is 0.387. The number of hydrogen-bond donors (Lipinski definition) is 0. The Morgan fingerprint density at radius 2 is 1.78 bits per heavy atom. The van der Waals surface area contributed by atoms with Gasteiger partial charge in [0.15, 0.2) is 0 Å². The highest BCUT2D eigenvalue weighted by molar-refractivity contribution is 5.98. The molecular weight excluding hydrogens is 454 g/mol. The van der Waals surface area contributed by atoms with Crippen molar-refractivity contribution in [2.75, 3.05) is 26.2 Å². The number of ether oxygens (including phenoxy) is 1. The minimum absolute atomic E-state index is 0.0307. The molecule has 3 heterocycles. The number of amides is 2. The summed E-state index contributed by atoms with van der Waals surface area (Å²) in [5.41, 5.74) is 4.62. The molecule has 0 saturated carbocycles. The molecule has 4 aromatic rings. The summed E-state index contributed by atoms with van der Waals surface area (Å²) in [5.74, 6) is -0.0985. The number of carbonyl (C=O) groups is 2. The third-order valence-electron chi connectivity index (χ3n) is 6.75. The summed E-state index contributed by atoms with van der Waals surface area (Å²) in [5, 5.41) is 0.905. The lowest BCUT2D eigenvalue weighted by Crippen LogP contribution is -2.56. The topological polar surface area (TPSA) is 67.9 Å². The second kappa shape index (κ2) is 10.4. The Labute approximate surface area is 210 Å². The van der Waals surface area contributed by atoms with Crippen LogP contribution in [0.15, 0.2) is 77.4 Å². The van der Waals surface area contributed by atoms with Gasteiger partial charge in [-0.1, -0.05) is 60.2 Å². The van der Waals surface area contributed by atoms with Crippen LogP contribution in [-0.2, 0) is 22.7 Å². The zero-order chi connectivity index (χ0) is 25.1. The molecule has 1 atom stereocenters. The van der Waals surface area contributed by atoms with Crippen LogP contribution in [0.5, 0.6) is 0 Å². The van der Waals surface area contributed by atoms with Gasteiger partial charge < -0.3 is 23.5 Å². The lowest BCUT2D eigenvalue weighted by Gasteiger charge is -2.39. The van der Waals surface area contributed by atoms with Crippen molar-refractivity contribution in [3.63, 3.8) is 0 Å². The first-order chi connectivity index (χ1) is 17.5. The van der Waals surface area contributed by atoms with Crippen LogP contribution in [0.3, 0.4) is 0 Å². The molecule has 1 fully saturated rings. The number of hydrogen-bond acceptors (Lipinski definition) is 4. The smallest absolute Gasteiger partial charge is 0.270 e. The van der Waals surface area contributed by atoms with Crippen LogP contribution in [0.1, 0.15) is 34.1 Å². The number of aromatic nitrogens is 1. The molecule has 0 bridgehead atoms. The van der Waals surface area contributed by atoms with Crippen LogP contribution < -0.4 is 0 Å². The molecule has 1 aliphatic heterocycles. The average Bonchev–Trinajstić information content (AvgIpc) is 3.48. The summed E-state index contributed by atoms with van der Waals surface area (Å²) in [6.07, 6.45) is 1.65. The largest absolute Gasteiger partial charge is 0.448 e. The molecule has 5 rings (SSSR count). The van der Waals surface area contributed by atoms with E-state index in [1.165, 1.54) is 5.56 Å². The maximum atomic E-state index is 13.6. The van der Waals surface area contributed by atoms with E-state index < -0.39 is 0 Å². The zero-order valence-electron chi connectivity index (χ0n) is 20.7. The van der Waals surface area contributed by atoms with Crippen LogP contribution in [0.25, 0.3) is 11.1 Å². The van der Waals surface area contributed by atoms with Gasteiger partial charge in [0.1, 0.15) is 12.3 Å². The van der Waals surface area contributed by atoms with Crippen molar-refractivity contribution in [3.8, 4) is 0 Å². The minimum atomic E-state index is -0.0981. The lowest BCUT2D eigenvalue weighted by molar-refractivity contribution is -0.140. The van der Waals surface area contributed by atoms with Gasteiger partial charge in [-0.3, -0.25) is 9.59 Å². The van der Waals surface area contributed by atoms with Crippen LogP contribution in [0.2, 0.25) is 0 Å². The summed E-state index contributed by atoms with van der Waals surface area (Å²) < 4.78 is 13.3. The van der Waals surface area contributed by atoms with Crippen molar-refractivity contribution < 1.29 is 18.7 Å². The highest BCUT2D eigenvalue weighted by Gasteiger charge is 2.32. The van der Waals surface area contributed by atoms with Crippen LogP contribution in [-0.4, -0.2) is 58.5 Å². The van der Waals surface area contributed by atoms with E-state index in [-0.39, 0.29) is 24.5 Å². The molecule has 0 radical (unpaired) electrons. The summed E-state index contributed by atoms with van der Waals surface area (Å²) in [6.45, 7) is 6.44. The molecule has 0 spiro atoms. The van der Waals surface area contributed by atoms with Gasteiger partial charge in [0.25, 0.3) is 5.91 Å². The maximum absolute atomic E-state index is 13.6. The highest BCUT2D eigenvalue weighted by Crippen LogP contribution is 2.25. The second-order valence-corrected chi connectivity index (χ2v) is 9.45. The summed E-state index contributed by atoms with van der Waals surface area (Å²) in [7, 11) is 0. The molecule has 1 saturated heterocycles. The maximum Gasteiger partial charge on any atom is 0.270 e. The first-order valence-electron chi connectivity index (χ1n) is 12.3. The van der Waals surface area contributed by atoms with Crippen molar-refractivity contribution in [2.24, 2.45) is 0 Å². The van der Waals surface area contributed by atoms with Crippen LogP contribution in [0, 0.1) is 6.92 Å². The third-order valence-corrected chi connectivity index (χ3v) is 6.75. The minimum Gasteiger partial charge on any atom is -0.448 e. The molecule has 36 heavy (non-hydrogen) atoms. The Kier molecular flexibility index (Phi) is 6.91. The first-order valence-corrected chi connectivity index (χ1v) is 12.3. The van der Waals surface area contributed by atoms with Gasteiger partial charge in [-0.05, 0) is 37.1 Å². The number of carbonyl (C=O) groups excluding carboxylic acids is 2. The van der Waals surface area contributed by atoms with E-state index in [4.69, 9.17) is 9.15 Å². The van der Waals surface area contributed by atoms with Crippen LogP contribution >= 0.6 is 0 Å². The van der Waals surface area contributed by atoms with E-state index in [0.717, 1.165) is 16.5 Å². The van der Waals surface area contributed by atoms with Gasteiger partial charge in [-0.2, -0.15) is 0 Å². The monoisotopic (exact) mass is 485 g/mol. The summed E-state index contributed by atoms with van der Waals surface area (Å²) in [4.78, 5) is 30.1. The molecule has 2 aromatic carbocycles. The normalized spacial score (nSPS) is 16.0. The number of rotatable bonds is 7. The molecular formula is C29H31N3O4. The lowest BCUT2D eigenvalue weighted by atomic mass is 10.1. The standard InChI is InChI=1S/C29H31N3O4/c1-21-8-10-23(11-9-21)18-32-26(16-25-12-15-36-29(25)32)28(34)30-13-14-31(22(2)17-30)27(33)20-35-19-24-6-4-3-5-7-24/h3-12,15-16,22H,13-14,17-20H2,1-2H3. The van der Waals surface area contributed by atoms with Crippen molar-refractivity contribution in [1.82, 2.24) is 14.4 Å². The molecule has 0 aliphatic carbocycles. The molecule has 1 aliphatic rings. The number of benzene rings is 2. The van der Waals surface area contributed by atoms with E-state index in [1.54, 1.807) is 6.26 Å². The Morgan fingerprint density at radius 1 is 1.00 bits per heavy atom. The predicted octanol–water partition coefficient (Wildman–Crippen LogP) is 4.48. The fourth-order valence-electron chi connectivity index (χ4n) is 4.77. The van der Waals surface area contributed by atoms with Crippen molar-refractivity contribution in [1.29, 1.82) is 0 Å². The van der Waals surface area contributed by atoms with Gasteiger partial charge in [0, 0.05) is 31.1 Å². The Balaban J connectivity index is 1.24. The molecule has 7 nitrogen and oxygen atoms in total. The van der Waals surface area contributed by atoms with E-state index >= 15 is 0 Å². The van der Waals surface area contributed by atoms with Gasteiger partial charge in [0.2, 0.25) is 11.6 Å². The molecule has 186 valence electrons. The van der Waals surface area contributed by atoms with Gasteiger partial charge >= 0.3 is 0 Å². The third kappa shape index (κ3) is 5.06. The Morgan fingerprint density at radius 3 is 2.53 bits per heavy atom. The van der Waals surface area contributed by atoms with Crippen molar-refractivity contribution in [2.45, 2.75) is 33.0 Å². The van der Waals surface area contributed by atoms with Gasteiger partial charge in [0.05, 0.1) is 19.4 Å². The number of nitrogens with zero attached hydrogens (tertiary/aromatic N) is 3. The van der Waals surface area contributed by atoms with Crippen molar-refractivity contribution in [3.05, 3.63) is 95.4 Å². The predicted molar refractivity (Wildman–Crippen MR) is 138 cm³/mol. The second-order valence-electron chi connectivity index (χ2n) is 9.45.